The van der Waals surface area contributed by atoms with Gasteiger partial charge in [0.05, 0.1) is 6.54 Å². The highest BCUT2D eigenvalue weighted by atomic mass is 16.2. The van der Waals surface area contributed by atoms with E-state index in [0.717, 1.165) is 22.7 Å². The number of Topliss-reactive ketones (excluding diaryl/α,β-unsaturated/α-hetero) is 1. The number of imide groups is 1. The largest absolute Gasteiger partial charge is 0.362 e. The topological polar surface area (TPSA) is 82.3 Å². The summed E-state index contributed by atoms with van der Waals surface area (Å²) in [5.41, 5.74) is 1.25. The summed E-state index contributed by atoms with van der Waals surface area (Å²) in [7, 11) is 0. The Morgan fingerprint density at radius 3 is 2.48 bits per heavy atom. The quantitative estimate of drug-likeness (QED) is 0.624. The van der Waals surface area contributed by atoms with Crippen molar-refractivity contribution in [2.75, 3.05) is 6.54 Å². The average Bonchev–Trinajstić information content (AvgIpc) is 2.89. The standard InChI is InChI=1S/C17H25N3O3/c1-10(2)6-7-17(5)15(22)20(16(23)19-17)9-14(21)13-8-11(3)18-12(13)4/h8,10,18H,6-7,9H2,1-5H3,(H,19,23). The molecule has 1 aromatic heterocycles. The minimum atomic E-state index is -0.912. The maximum absolute atomic E-state index is 12.6. The van der Waals surface area contributed by atoms with Gasteiger partial charge in [-0.25, -0.2) is 4.79 Å². The third kappa shape index (κ3) is 3.46. The van der Waals surface area contributed by atoms with Crippen molar-refractivity contribution in [2.45, 2.75) is 53.0 Å². The van der Waals surface area contributed by atoms with Gasteiger partial charge < -0.3 is 10.3 Å². The smallest absolute Gasteiger partial charge is 0.325 e. The van der Waals surface area contributed by atoms with Crippen molar-refractivity contribution < 1.29 is 14.4 Å². The van der Waals surface area contributed by atoms with Crippen molar-refractivity contribution in [3.63, 3.8) is 0 Å². The molecule has 2 N–H and O–H groups in total. The van der Waals surface area contributed by atoms with Gasteiger partial charge in [-0.1, -0.05) is 13.8 Å². The van der Waals surface area contributed by atoms with Crippen LogP contribution in [0, 0.1) is 19.8 Å². The molecule has 2 heterocycles. The number of carbonyl (C=O) groups excluding carboxylic acids is 3. The predicted octanol–water partition coefficient (Wildman–Crippen LogP) is 2.56. The number of nitrogens with one attached hydrogen (secondary N) is 2. The van der Waals surface area contributed by atoms with Gasteiger partial charge >= 0.3 is 6.03 Å². The summed E-state index contributed by atoms with van der Waals surface area (Å²) < 4.78 is 0. The highest BCUT2D eigenvalue weighted by Crippen LogP contribution is 2.25. The number of ketones is 1. The Kier molecular flexibility index (Phi) is 4.63. The average molecular weight is 319 g/mol. The lowest BCUT2D eigenvalue weighted by Crippen LogP contribution is -2.44. The molecule has 1 aliphatic rings. The van der Waals surface area contributed by atoms with Gasteiger partial charge in [0.2, 0.25) is 0 Å². The minimum absolute atomic E-state index is 0.222. The number of aromatic nitrogens is 1. The third-order valence-corrected chi connectivity index (χ3v) is 4.32. The molecule has 0 saturated carbocycles. The van der Waals surface area contributed by atoms with Crippen LogP contribution in [-0.4, -0.2) is 39.7 Å². The van der Waals surface area contributed by atoms with Gasteiger partial charge in [-0.2, -0.15) is 0 Å². The van der Waals surface area contributed by atoms with Crippen molar-refractivity contribution in [1.29, 1.82) is 0 Å². The van der Waals surface area contributed by atoms with Gasteiger partial charge in [-0.15, -0.1) is 0 Å². The van der Waals surface area contributed by atoms with E-state index in [1.54, 1.807) is 19.9 Å². The Hall–Kier alpha value is -2.11. The van der Waals surface area contributed by atoms with Gasteiger partial charge in [0.1, 0.15) is 5.54 Å². The molecule has 1 saturated heterocycles. The molecule has 1 fully saturated rings. The zero-order chi connectivity index (χ0) is 17.4. The molecule has 0 bridgehead atoms. The van der Waals surface area contributed by atoms with Gasteiger partial charge in [0.15, 0.2) is 5.78 Å². The van der Waals surface area contributed by atoms with E-state index in [0.29, 0.717) is 17.9 Å². The number of nitrogens with zero attached hydrogens (tertiary/aromatic N) is 1. The molecular weight excluding hydrogens is 294 g/mol. The number of H-pyrrole nitrogens is 1. The number of carbonyl (C=O) groups is 3. The minimum Gasteiger partial charge on any atom is -0.362 e. The Morgan fingerprint density at radius 1 is 1.30 bits per heavy atom. The second-order valence-electron chi connectivity index (χ2n) is 7.00. The van der Waals surface area contributed by atoms with Crippen LogP contribution in [0.25, 0.3) is 0 Å². The molecule has 1 unspecified atom stereocenters. The predicted molar refractivity (Wildman–Crippen MR) is 87.3 cm³/mol. The van der Waals surface area contributed by atoms with Gasteiger partial charge in [-0.3, -0.25) is 14.5 Å². The first kappa shape index (κ1) is 17.2. The molecule has 6 heteroatoms. The van der Waals surface area contributed by atoms with E-state index in [-0.39, 0.29) is 18.2 Å². The molecule has 1 atom stereocenters. The molecule has 3 amide bonds. The van der Waals surface area contributed by atoms with E-state index in [1.165, 1.54) is 0 Å². The van der Waals surface area contributed by atoms with E-state index in [1.807, 2.05) is 6.92 Å². The van der Waals surface area contributed by atoms with Crippen LogP contribution in [0.1, 0.15) is 55.4 Å². The van der Waals surface area contributed by atoms with Crippen molar-refractivity contribution in [2.24, 2.45) is 5.92 Å². The van der Waals surface area contributed by atoms with E-state index < -0.39 is 11.6 Å². The third-order valence-electron chi connectivity index (χ3n) is 4.32. The molecule has 1 aliphatic heterocycles. The van der Waals surface area contributed by atoms with Crippen LogP contribution in [0.15, 0.2) is 6.07 Å². The summed E-state index contributed by atoms with van der Waals surface area (Å²) in [6, 6.07) is 1.26. The zero-order valence-corrected chi connectivity index (χ0v) is 14.4. The number of aromatic amines is 1. The van der Waals surface area contributed by atoms with E-state index in [9.17, 15) is 14.4 Å². The summed E-state index contributed by atoms with van der Waals surface area (Å²) in [4.78, 5) is 41.2. The Balaban J connectivity index is 2.11. The van der Waals surface area contributed by atoms with Crippen LogP contribution in [0.4, 0.5) is 4.79 Å². The van der Waals surface area contributed by atoms with Gasteiger partial charge in [0, 0.05) is 17.0 Å². The van der Waals surface area contributed by atoms with Crippen LogP contribution in [0.5, 0.6) is 0 Å². The van der Waals surface area contributed by atoms with Crippen LogP contribution in [0.3, 0.4) is 0 Å². The Labute approximate surface area is 136 Å². The van der Waals surface area contributed by atoms with Crippen molar-refractivity contribution in [1.82, 2.24) is 15.2 Å². The van der Waals surface area contributed by atoms with Crippen LogP contribution < -0.4 is 5.32 Å². The summed E-state index contributed by atoms with van der Waals surface area (Å²) in [6.45, 7) is 9.32. The first-order valence-electron chi connectivity index (χ1n) is 7.97. The lowest BCUT2D eigenvalue weighted by Gasteiger charge is -2.22. The number of aryl methyl sites for hydroxylation is 2. The Morgan fingerprint density at radius 2 is 1.96 bits per heavy atom. The molecule has 2 rings (SSSR count). The molecular formula is C17H25N3O3. The first-order valence-corrected chi connectivity index (χ1v) is 7.97. The Bertz CT molecular complexity index is 648. The zero-order valence-electron chi connectivity index (χ0n) is 14.4. The number of urea groups is 1. The fraction of sp³-hybridized carbons (Fsp3) is 0.588. The molecule has 0 aliphatic carbocycles. The lowest BCUT2D eigenvalue weighted by molar-refractivity contribution is -0.130. The normalized spacial score (nSPS) is 21.2. The molecule has 0 aromatic carbocycles. The fourth-order valence-electron chi connectivity index (χ4n) is 2.88. The van der Waals surface area contributed by atoms with E-state index in [4.69, 9.17) is 0 Å². The lowest BCUT2D eigenvalue weighted by atomic mass is 9.92. The second kappa shape index (κ2) is 6.18. The number of amides is 3. The van der Waals surface area contributed by atoms with Crippen molar-refractivity contribution >= 4 is 17.7 Å². The molecule has 126 valence electrons. The van der Waals surface area contributed by atoms with Crippen molar-refractivity contribution in [3.05, 3.63) is 23.0 Å². The van der Waals surface area contributed by atoms with Gasteiger partial charge in [0.25, 0.3) is 5.91 Å². The monoisotopic (exact) mass is 319 g/mol. The molecule has 6 nitrogen and oxygen atoms in total. The van der Waals surface area contributed by atoms with Crippen LogP contribution >= 0.6 is 0 Å². The second-order valence-corrected chi connectivity index (χ2v) is 7.00. The molecule has 1 aromatic rings. The molecule has 0 spiro atoms. The van der Waals surface area contributed by atoms with E-state index >= 15 is 0 Å². The SMILES string of the molecule is Cc1cc(C(=O)CN2C(=O)NC(C)(CCC(C)C)C2=O)c(C)[nH]1. The summed E-state index contributed by atoms with van der Waals surface area (Å²) in [5, 5.41) is 2.74. The number of hydrogen-bond donors (Lipinski definition) is 2. The van der Waals surface area contributed by atoms with Gasteiger partial charge in [-0.05, 0) is 45.6 Å². The van der Waals surface area contributed by atoms with Crippen LogP contribution in [-0.2, 0) is 4.79 Å². The maximum atomic E-state index is 12.6. The van der Waals surface area contributed by atoms with Crippen LogP contribution in [0.2, 0.25) is 0 Å². The highest BCUT2D eigenvalue weighted by molar-refractivity contribution is 6.11. The number of rotatable bonds is 6. The maximum Gasteiger partial charge on any atom is 0.325 e. The number of hydrogen-bond acceptors (Lipinski definition) is 3. The molecule has 0 radical (unpaired) electrons. The highest BCUT2D eigenvalue weighted by Gasteiger charge is 2.47. The molecule has 23 heavy (non-hydrogen) atoms. The summed E-state index contributed by atoms with van der Waals surface area (Å²) in [5.74, 6) is -0.109. The fourth-order valence-corrected chi connectivity index (χ4v) is 2.88. The van der Waals surface area contributed by atoms with E-state index in [2.05, 4.69) is 24.1 Å². The summed E-state index contributed by atoms with van der Waals surface area (Å²) >= 11 is 0. The van der Waals surface area contributed by atoms with Crippen molar-refractivity contribution in [3.8, 4) is 0 Å². The summed E-state index contributed by atoms with van der Waals surface area (Å²) in [6.07, 6.45) is 1.41. The first-order chi connectivity index (χ1) is 10.6.